The van der Waals surface area contributed by atoms with Crippen molar-refractivity contribution >= 4 is 23.1 Å². The predicted octanol–water partition coefficient (Wildman–Crippen LogP) is 4.89. The molecule has 0 bridgehead atoms. The van der Waals surface area contributed by atoms with E-state index in [2.05, 4.69) is 58.6 Å². The molecular formula is C19H23NOS2. The van der Waals surface area contributed by atoms with E-state index in [-0.39, 0.29) is 6.10 Å². The van der Waals surface area contributed by atoms with E-state index in [1.807, 2.05) is 0 Å². The first-order valence-electron chi connectivity index (χ1n) is 8.39. The number of aryl methyl sites for hydroxylation is 1. The number of thioether (sulfide) groups is 1. The van der Waals surface area contributed by atoms with Gasteiger partial charge in [-0.2, -0.15) is 23.1 Å². The second-order valence-electron chi connectivity index (χ2n) is 6.55. The average molecular weight is 346 g/mol. The number of fused-ring (bicyclic) bond motifs is 1. The van der Waals surface area contributed by atoms with Crippen LogP contribution in [0.25, 0.3) is 0 Å². The fourth-order valence-corrected chi connectivity index (χ4v) is 5.38. The zero-order chi connectivity index (χ0) is 15.6. The first-order chi connectivity index (χ1) is 11.3. The lowest BCUT2D eigenvalue weighted by atomic mass is 10.1. The van der Waals surface area contributed by atoms with Gasteiger partial charge in [0.25, 0.3) is 0 Å². The number of rotatable bonds is 2. The van der Waals surface area contributed by atoms with Crippen molar-refractivity contribution in [1.29, 1.82) is 0 Å². The zero-order valence-electron chi connectivity index (χ0n) is 13.5. The van der Waals surface area contributed by atoms with E-state index in [1.54, 1.807) is 11.3 Å². The van der Waals surface area contributed by atoms with Gasteiger partial charge in [0.05, 0.1) is 0 Å². The molecule has 0 spiro atoms. The Morgan fingerprint density at radius 2 is 2.04 bits per heavy atom. The molecule has 1 fully saturated rings. The summed E-state index contributed by atoms with van der Waals surface area (Å²) >= 11 is 3.86. The van der Waals surface area contributed by atoms with Gasteiger partial charge in [-0.1, -0.05) is 17.7 Å². The molecule has 4 heteroatoms. The van der Waals surface area contributed by atoms with Crippen LogP contribution in [0, 0.1) is 6.92 Å². The van der Waals surface area contributed by atoms with E-state index in [4.69, 9.17) is 4.74 Å². The van der Waals surface area contributed by atoms with E-state index >= 15 is 0 Å². The van der Waals surface area contributed by atoms with Crippen molar-refractivity contribution in [3.63, 3.8) is 0 Å². The molecule has 0 aliphatic carbocycles. The van der Waals surface area contributed by atoms with Crippen LogP contribution in [-0.4, -0.2) is 29.0 Å². The number of benzene rings is 1. The van der Waals surface area contributed by atoms with Crippen LogP contribution in [0.2, 0.25) is 0 Å². The highest BCUT2D eigenvalue weighted by Crippen LogP contribution is 2.35. The molecule has 0 saturated carbocycles. The smallest absolute Gasteiger partial charge is 0.137 e. The molecule has 0 radical (unpaired) electrons. The number of hydrogen-bond acceptors (Lipinski definition) is 4. The lowest BCUT2D eigenvalue weighted by Crippen LogP contribution is -2.39. The van der Waals surface area contributed by atoms with Crippen molar-refractivity contribution in [2.24, 2.45) is 0 Å². The molecule has 3 heterocycles. The summed E-state index contributed by atoms with van der Waals surface area (Å²) in [6, 6.07) is 9.53. The normalized spacial score (nSPS) is 23.1. The molecule has 0 N–H and O–H groups in total. The Balaban J connectivity index is 1.66. The summed E-state index contributed by atoms with van der Waals surface area (Å²) in [5.74, 6) is 3.66. The molecule has 2 aliphatic rings. The molecule has 1 unspecified atom stereocenters. The van der Waals surface area contributed by atoms with Gasteiger partial charge in [-0.15, -0.1) is 0 Å². The van der Waals surface area contributed by atoms with Crippen LogP contribution in [0.15, 0.2) is 35.0 Å². The van der Waals surface area contributed by atoms with Gasteiger partial charge in [0.1, 0.15) is 11.9 Å². The largest absolute Gasteiger partial charge is 0.484 e. The minimum absolute atomic E-state index is 0.153. The summed E-state index contributed by atoms with van der Waals surface area (Å²) in [6.45, 7) is 4.19. The van der Waals surface area contributed by atoms with E-state index in [1.165, 1.54) is 41.0 Å². The molecule has 2 aliphatic heterocycles. The first-order valence-corrected chi connectivity index (χ1v) is 10.5. The molecule has 0 amide bonds. The van der Waals surface area contributed by atoms with Gasteiger partial charge in [-0.05, 0) is 54.2 Å². The van der Waals surface area contributed by atoms with Gasteiger partial charge in [-0.3, -0.25) is 4.90 Å². The van der Waals surface area contributed by atoms with E-state index in [0.717, 1.165) is 18.8 Å². The Hall–Kier alpha value is -0.970. The topological polar surface area (TPSA) is 12.5 Å². The molecule has 1 saturated heterocycles. The van der Waals surface area contributed by atoms with Crippen molar-refractivity contribution in [1.82, 2.24) is 4.90 Å². The third-order valence-electron chi connectivity index (χ3n) is 4.88. The third-order valence-corrected chi connectivity index (χ3v) is 6.63. The Bertz CT molecular complexity index is 649. The van der Waals surface area contributed by atoms with Crippen LogP contribution >= 0.6 is 23.1 Å². The standard InChI is InChI=1S/C19H23NOS2/c1-14-2-3-18-16(10-14)11-20(17-5-8-22-9-6-17)12-19(21-18)15-4-7-23-13-15/h2-4,7,10,13,17,19H,5-6,8-9,11-12H2,1H3. The van der Waals surface area contributed by atoms with Crippen LogP contribution in [-0.2, 0) is 6.54 Å². The highest BCUT2D eigenvalue weighted by atomic mass is 32.2. The fourth-order valence-electron chi connectivity index (χ4n) is 3.59. The van der Waals surface area contributed by atoms with Crippen molar-refractivity contribution < 1.29 is 4.74 Å². The predicted molar refractivity (Wildman–Crippen MR) is 99.6 cm³/mol. The number of ether oxygens (including phenoxy) is 1. The summed E-state index contributed by atoms with van der Waals surface area (Å²) < 4.78 is 6.44. The summed E-state index contributed by atoms with van der Waals surface area (Å²) in [5.41, 5.74) is 3.99. The van der Waals surface area contributed by atoms with Crippen LogP contribution < -0.4 is 4.74 Å². The minimum atomic E-state index is 0.153. The summed E-state index contributed by atoms with van der Waals surface area (Å²) in [6.07, 6.45) is 2.77. The molecule has 2 nitrogen and oxygen atoms in total. The van der Waals surface area contributed by atoms with Crippen molar-refractivity contribution in [2.75, 3.05) is 18.1 Å². The van der Waals surface area contributed by atoms with Gasteiger partial charge in [0.2, 0.25) is 0 Å². The van der Waals surface area contributed by atoms with Gasteiger partial charge in [-0.25, -0.2) is 0 Å². The van der Waals surface area contributed by atoms with Crippen molar-refractivity contribution in [3.05, 3.63) is 51.7 Å². The van der Waals surface area contributed by atoms with Crippen molar-refractivity contribution in [3.8, 4) is 5.75 Å². The molecule has 4 rings (SSSR count). The Morgan fingerprint density at radius 3 is 2.83 bits per heavy atom. The molecule has 2 aromatic rings. The highest BCUT2D eigenvalue weighted by molar-refractivity contribution is 7.99. The number of hydrogen-bond donors (Lipinski definition) is 0. The molecule has 23 heavy (non-hydrogen) atoms. The van der Waals surface area contributed by atoms with Gasteiger partial charge in [0, 0.05) is 30.3 Å². The molecule has 1 aromatic carbocycles. The van der Waals surface area contributed by atoms with Gasteiger partial charge < -0.3 is 4.74 Å². The lowest BCUT2D eigenvalue weighted by molar-refractivity contribution is 0.111. The fraction of sp³-hybridized carbons (Fsp3) is 0.474. The summed E-state index contributed by atoms with van der Waals surface area (Å²) in [5, 5.41) is 4.39. The van der Waals surface area contributed by atoms with E-state index in [9.17, 15) is 0 Å². The van der Waals surface area contributed by atoms with Crippen LogP contribution in [0.5, 0.6) is 5.75 Å². The Kier molecular flexibility index (Phi) is 4.65. The van der Waals surface area contributed by atoms with Crippen LogP contribution in [0.1, 0.15) is 35.6 Å². The Labute approximate surface area is 146 Å². The monoisotopic (exact) mass is 345 g/mol. The maximum Gasteiger partial charge on any atom is 0.137 e. The number of nitrogens with zero attached hydrogens (tertiary/aromatic N) is 1. The van der Waals surface area contributed by atoms with E-state index < -0.39 is 0 Å². The first kappa shape index (κ1) is 15.6. The summed E-state index contributed by atoms with van der Waals surface area (Å²) in [7, 11) is 0. The maximum atomic E-state index is 6.44. The third kappa shape index (κ3) is 3.44. The second-order valence-corrected chi connectivity index (χ2v) is 8.55. The van der Waals surface area contributed by atoms with Gasteiger partial charge in [0.15, 0.2) is 0 Å². The summed E-state index contributed by atoms with van der Waals surface area (Å²) in [4.78, 5) is 2.67. The quantitative estimate of drug-likeness (QED) is 0.769. The SMILES string of the molecule is Cc1ccc2c(c1)CN(C1CCSCC1)CC(c1ccsc1)O2. The molecule has 122 valence electrons. The Morgan fingerprint density at radius 1 is 1.17 bits per heavy atom. The van der Waals surface area contributed by atoms with Crippen LogP contribution in [0.4, 0.5) is 0 Å². The average Bonchev–Trinajstić information content (AvgIpc) is 3.04. The zero-order valence-corrected chi connectivity index (χ0v) is 15.2. The molecule has 1 aromatic heterocycles. The highest BCUT2D eigenvalue weighted by Gasteiger charge is 2.29. The second kappa shape index (κ2) is 6.88. The maximum absolute atomic E-state index is 6.44. The van der Waals surface area contributed by atoms with Gasteiger partial charge >= 0.3 is 0 Å². The minimum Gasteiger partial charge on any atom is -0.484 e. The van der Waals surface area contributed by atoms with Crippen molar-refractivity contribution in [2.45, 2.75) is 38.5 Å². The molecule has 1 atom stereocenters. The van der Waals surface area contributed by atoms with E-state index in [0.29, 0.717) is 6.04 Å². The van der Waals surface area contributed by atoms with Crippen LogP contribution in [0.3, 0.4) is 0 Å². The number of thiophene rings is 1. The molecular weight excluding hydrogens is 322 g/mol. The lowest BCUT2D eigenvalue weighted by Gasteiger charge is -2.34.